The summed E-state index contributed by atoms with van der Waals surface area (Å²) >= 11 is 0. The van der Waals surface area contributed by atoms with E-state index < -0.39 is 11.3 Å². The van der Waals surface area contributed by atoms with E-state index in [9.17, 15) is 9.59 Å². The Labute approximate surface area is 112 Å². The number of primary amides is 1. The summed E-state index contributed by atoms with van der Waals surface area (Å²) in [7, 11) is 0. The third-order valence-electron chi connectivity index (χ3n) is 2.79. The minimum Gasteiger partial charge on any atom is -0.383 e. The van der Waals surface area contributed by atoms with Crippen molar-refractivity contribution < 1.29 is 9.59 Å². The van der Waals surface area contributed by atoms with Gasteiger partial charge in [0.15, 0.2) is 0 Å². The van der Waals surface area contributed by atoms with Crippen LogP contribution in [0.2, 0.25) is 0 Å². The molecule has 2 amide bonds. The molecule has 1 aromatic rings. The zero-order valence-corrected chi connectivity index (χ0v) is 11.5. The number of nitrogens with one attached hydrogen (secondary N) is 2. The molecule has 0 bridgehead atoms. The second-order valence-electron chi connectivity index (χ2n) is 4.88. The summed E-state index contributed by atoms with van der Waals surface area (Å²) in [5.41, 5.74) is 5.65. The van der Waals surface area contributed by atoms with Crippen molar-refractivity contribution in [2.24, 2.45) is 11.1 Å². The van der Waals surface area contributed by atoms with Crippen molar-refractivity contribution in [1.29, 1.82) is 0 Å². The van der Waals surface area contributed by atoms with Gasteiger partial charge in [-0.1, -0.05) is 0 Å². The van der Waals surface area contributed by atoms with E-state index in [1.165, 1.54) is 0 Å². The van der Waals surface area contributed by atoms with E-state index in [0.717, 1.165) is 0 Å². The molecule has 6 heteroatoms. The Hall–Kier alpha value is -2.11. The first-order chi connectivity index (χ1) is 8.88. The molecule has 0 unspecified atom stereocenters. The lowest BCUT2D eigenvalue weighted by atomic mass is 9.92. The molecule has 0 aromatic carbocycles. The van der Waals surface area contributed by atoms with E-state index in [2.05, 4.69) is 15.6 Å². The van der Waals surface area contributed by atoms with Gasteiger partial charge in [0.25, 0.3) is 5.91 Å². The molecule has 0 aliphatic heterocycles. The van der Waals surface area contributed by atoms with Crippen molar-refractivity contribution in [3.05, 3.63) is 24.0 Å². The molecule has 1 rings (SSSR count). The summed E-state index contributed by atoms with van der Waals surface area (Å²) in [6.07, 6.45) is 3.15. The quantitative estimate of drug-likeness (QED) is 0.706. The Morgan fingerprint density at radius 1 is 1.42 bits per heavy atom. The maximum absolute atomic E-state index is 12.1. The van der Waals surface area contributed by atoms with Crippen LogP contribution in [0.1, 0.15) is 31.1 Å². The second kappa shape index (κ2) is 6.17. The smallest absolute Gasteiger partial charge is 0.253 e. The van der Waals surface area contributed by atoms with Crippen molar-refractivity contribution in [3.8, 4) is 0 Å². The van der Waals surface area contributed by atoms with Gasteiger partial charge in [0.1, 0.15) is 0 Å². The van der Waals surface area contributed by atoms with E-state index in [1.807, 2.05) is 6.92 Å². The largest absolute Gasteiger partial charge is 0.383 e. The number of aromatic nitrogens is 1. The fourth-order valence-corrected chi connectivity index (χ4v) is 1.41. The number of rotatable bonds is 6. The van der Waals surface area contributed by atoms with Gasteiger partial charge in [0.05, 0.1) is 22.9 Å². The number of pyridine rings is 1. The normalized spacial score (nSPS) is 10.9. The molecule has 0 atom stereocenters. The third-order valence-corrected chi connectivity index (χ3v) is 2.79. The number of nitrogens with two attached hydrogens (primary N) is 1. The summed E-state index contributed by atoms with van der Waals surface area (Å²) < 4.78 is 0. The Balaban J connectivity index is 2.76. The topological polar surface area (TPSA) is 97.1 Å². The van der Waals surface area contributed by atoms with E-state index in [4.69, 9.17) is 5.73 Å². The molecule has 0 aliphatic rings. The van der Waals surface area contributed by atoms with Crippen LogP contribution in [0.15, 0.2) is 18.5 Å². The highest BCUT2D eigenvalue weighted by atomic mass is 16.2. The summed E-state index contributed by atoms with van der Waals surface area (Å²) in [5.74, 6) is -0.706. The van der Waals surface area contributed by atoms with Crippen LogP contribution in [-0.2, 0) is 4.79 Å². The van der Waals surface area contributed by atoms with Gasteiger partial charge in [0.2, 0.25) is 5.91 Å². The maximum atomic E-state index is 12.1. The molecule has 6 nitrogen and oxygen atoms in total. The fraction of sp³-hybridized carbons (Fsp3) is 0.462. The molecule has 1 aromatic heterocycles. The average molecular weight is 264 g/mol. The summed E-state index contributed by atoms with van der Waals surface area (Å²) in [4.78, 5) is 27.2. The first kappa shape index (κ1) is 14.9. The Morgan fingerprint density at radius 3 is 2.68 bits per heavy atom. The summed E-state index contributed by atoms with van der Waals surface area (Å²) in [6.45, 7) is 6.19. The van der Waals surface area contributed by atoms with E-state index in [0.29, 0.717) is 17.8 Å². The molecule has 0 saturated carbocycles. The predicted octanol–water partition coefficient (Wildman–Crippen LogP) is 0.755. The van der Waals surface area contributed by atoms with Gasteiger partial charge in [-0.3, -0.25) is 14.6 Å². The fourth-order valence-electron chi connectivity index (χ4n) is 1.41. The van der Waals surface area contributed by atoms with Crippen LogP contribution in [0, 0.1) is 5.41 Å². The molecule has 19 heavy (non-hydrogen) atoms. The SMILES string of the molecule is CCNc1cnccc1C(=O)NCC(C)(C)C(N)=O. The van der Waals surface area contributed by atoms with Gasteiger partial charge in [-0.25, -0.2) is 0 Å². The lowest BCUT2D eigenvalue weighted by Crippen LogP contribution is -2.42. The van der Waals surface area contributed by atoms with Crippen molar-refractivity contribution in [2.75, 3.05) is 18.4 Å². The van der Waals surface area contributed by atoms with Crippen LogP contribution >= 0.6 is 0 Å². The molecule has 0 fully saturated rings. The van der Waals surface area contributed by atoms with Crippen LogP contribution < -0.4 is 16.4 Å². The predicted molar refractivity (Wildman–Crippen MR) is 73.7 cm³/mol. The van der Waals surface area contributed by atoms with Crippen LogP contribution in [-0.4, -0.2) is 29.9 Å². The Kier molecular flexibility index (Phi) is 4.86. The van der Waals surface area contributed by atoms with Gasteiger partial charge < -0.3 is 16.4 Å². The Bertz CT molecular complexity index is 471. The van der Waals surface area contributed by atoms with Crippen LogP contribution in [0.4, 0.5) is 5.69 Å². The molecular formula is C13H20N4O2. The number of hydrogen-bond donors (Lipinski definition) is 3. The van der Waals surface area contributed by atoms with Gasteiger partial charge >= 0.3 is 0 Å². The van der Waals surface area contributed by atoms with Crippen molar-refractivity contribution in [3.63, 3.8) is 0 Å². The molecule has 0 spiro atoms. The second-order valence-corrected chi connectivity index (χ2v) is 4.88. The van der Waals surface area contributed by atoms with Crippen molar-refractivity contribution in [1.82, 2.24) is 10.3 Å². The number of carbonyl (C=O) groups excluding carboxylic acids is 2. The average Bonchev–Trinajstić information content (AvgIpc) is 2.37. The van der Waals surface area contributed by atoms with Gasteiger partial charge in [0, 0.05) is 19.3 Å². The van der Waals surface area contributed by atoms with Gasteiger partial charge in [-0.05, 0) is 26.8 Å². The molecule has 0 radical (unpaired) electrons. The highest BCUT2D eigenvalue weighted by Crippen LogP contribution is 2.15. The first-order valence-electron chi connectivity index (χ1n) is 6.14. The molecular weight excluding hydrogens is 244 g/mol. The van der Waals surface area contributed by atoms with Crippen LogP contribution in [0.5, 0.6) is 0 Å². The van der Waals surface area contributed by atoms with E-state index in [-0.39, 0.29) is 12.5 Å². The molecule has 1 heterocycles. The molecule has 104 valence electrons. The zero-order valence-electron chi connectivity index (χ0n) is 11.5. The number of carbonyl (C=O) groups is 2. The minimum atomic E-state index is -0.777. The Morgan fingerprint density at radius 2 is 2.11 bits per heavy atom. The number of amides is 2. The lowest BCUT2D eigenvalue weighted by molar-refractivity contribution is -0.125. The van der Waals surface area contributed by atoms with E-state index >= 15 is 0 Å². The monoisotopic (exact) mass is 264 g/mol. The maximum Gasteiger partial charge on any atom is 0.253 e. The van der Waals surface area contributed by atoms with Crippen molar-refractivity contribution in [2.45, 2.75) is 20.8 Å². The van der Waals surface area contributed by atoms with Gasteiger partial charge in [-0.2, -0.15) is 0 Å². The number of anilines is 1. The van der Waals surface area contributed by atoms with Crippen LogP contribution in [0.3, 0.4) is 0 Å². The van der Waals surface area contributed by atoms with Crippen molar-refractivity contribution >= 4 is 17.5 Å². The molecule has 0 saturated heterocycles. The number of hydrogen-bond acceptors (Lipinski definition) is 4. The first-order valence-corrected chi connectivity index (χ1v) is 6.14. The molecule has 4 N–H and O–H groups in total. The minimum absolute atomic E-state index is 0.190. The lowest BCUT2D eigenvalue weighted by Gasteiger charge is -2.21. The third kappa shape index (κ3) is 3.94. The molecule has 0 aliphatic carbocycles. The van der Waals surface area contributed by atoms with Gasteiger partial charge in [-0.15, -0.1) is 0 Å². The van der Waals surface area contributed by atoms with Crippen LogP contribution in [0.25, 0.3) is 0 Å². The summed E-state index contributed by atoms with van der Waals surface area (Å²) in [6, 6.07) is 1.63. The standard InChI is InChI=1S/C13H20N4O2/c1-4-16-10-7-15-6-5-9(10)11(18)17-8-13(2,3)12(14)19/h5-7,16H,4,8H2,1-3H3,(H2,14,19)(H,17,18). The number of nitrogens with zero attached hydrogens (tertiary/aromatic N) is 1. The summed E-state index contributed by atoms with van der Waals surface area (Å²) in [5, 5.41) is 5.77. The van der Waals surface area contributed by atoms with E-state index in [1.54, 1.807) is 32.3 Å². The highest BCUT2D eigenvalue weighted by molar-refractivity contribution is 5.99. The zero-order chi connectivity index (χ0) is 14.5. The highest BCUT2D eigenvalue weighted by Gasteiger charge is 2.26.